The Morgan fingerprint density at radius 2 is 1.90 bits per heavy atom. The van der Waals surface area contributed by atoms with Crippen molar-refractivity contribution in [2.24, 2.45) is 0 Å². The Balaban J connectivity index is 1.67. The lowest BCUT2D eigenvalue weighted by Crippen LogP contribution is -2.39. The summed E-state index contributed by atoms with van der Waals surface area (Å²) in [5.74, 6) is -0.307. The van der Waals surface area contributed by atoms with Gasteiger partial charge in [0.05, 0.1) is 29.2 Å². The maximum atomic E-state index is 12.6. The summed E-state index contributed by atoms with van der Waals surface area (Å²) in [4.78, 5) is 12.6. The van der Waals surface area contributed by atoms with Crippen LogP contribution in [0.15, 0.2) is 48.5 Å². The number of nitriles is 1. The smallest absolute Gasteiger partial charge is 0.422 e. The Bertz CT molecular complexity index is 959. The average molecular weight is 418 g/mol. The van der Waals surface area contributed by atoms with Gasteiger partial charge in [-0.25, -0.2) is 0 Å². The molecule has 1 aliphatic rings. The third-order valence-electron chi connectivity index (χ3n) is 5.06. The number of hydrogen-bond donors (Lipinski definition) is 2. The van der Waals surface area contributed by atoms with Crippen LogP contribution in [0.1, 0.15) is 42.9 Å². The molecule has 0 heterocycles. The molecule has 0 spiro atoms. The largest absolute Gasteiger partial charge is 0.484 e. The molecule has 8 heteroatoms. The van der Waals surface area contributed by atoms with Gasteiger partial charge in [0.1, 0.15) is 5.75 Å². The molecular formula is C22H21F3N2O3. The van der Waals surface area contributed by atoms with E-state index in [9.17, 15) is 23.1 Å². The van der Waals surface area contributed by atoms with E-state index in [0.717, 1.165) is 0 Å². The van der Waals surface area contributed by atoms with Crippen LogP contribution in [-0.4, -0.2) is 23.8 Å². The fourth-order valence-electron chi connectivity index (χ4n) is 3.29. The molecule has 0 unspecified atom stereocenters. The summed E-state index contributed by atoms with van der Waals surface area (Å²) >= 11 is 0. The van der Waals surface area contributed by atoms with Crippen LogP contribution in [0.4, 0.5) is 13.2 Å². The topological polar surface area (TPSA) is 82.3 Å². The molecule has 2 aromatic carbocycles. The predicted molar refractivity (Wildman–Crippen MR) is 102 cm³/mol. The molecule has 0 aliphatic heterocycles. The van der Waals surface area contributed by atoms with Crippen LogP contribution in [0.3, 0.4) is 0 Å². The summed E-state index contributed by atoms with van der Waals surface area (Å²) in [6.07, 6.45) is -3.36. The summed E-state index contributed by atoms with van der Waals surface area (Å²) in [6.45, 7) is 0.127. The van der Waals surface area contributed by atoms with E-state index in [0.29, 0.717) is 29.5 Å². The number of halogens is 3. The first kappa shape index (κ1) is 21.7. The van der Waals surface area contributed by atoms with Gasteiger partial charge in [-0.3, -0.25) is 4.79 Å². The third-order valence-corrected chi connectivity index (χ3v) is 5.06. The van der Waals surface area contributed by atoms with Gasteiger partial charge in [0.25, 0.3) is 0 Å². The van der Waals surface area contributed by atoms with Crippen molar-refractivity contribution < 1.29 is 27.8 Å². The van der Waals surface area contributed by atoms with Gasteiger partial charge in [0.2, 0.25) is 5.91 Å². The highest BCUT2D eigenvalue weighted by atomic mass is 19.4. The number of alkyl halides is 3. The van der Waals surface area contributed by atoms with Crippen molar-refractivity contribution >= 4 is 5.91 Å². The van der Waals surface area contributed by atoms with Gasteiger partial charge in [-0.1, -0.05) is 24.3 Å². The van der Waals surface area contributed by atoms with Crippen molar-refractivity contribution in [3.8, 4) is 11.8 Å². The van der Waals surface area contributed by atoms with Crippen molar-refractivity contribution in [3.63, 3.8) is 0 Å². The number of benzene rings is 2. The van der Waals surface area contributed by atoms with E-state index in [2.05, 4.69) is 5.32 Å². The molecule has 158 valence electrons. The molecule has 0 saturated heterocycles. The molecule has 2 aromatic rings. The average Bonchev–Trinajstić information content (AvgIpc) is 3.46. The molecular weight excluding hydrogens is 397 g/mol. The maximum absolute atomic E-state index is 12.6. The minimum absolute atomic E-state index is 0.0786. The standard InChI is InChI=1S/C22H21F3N2O3/c1-20(29,16-7-5-15(13-26)6-8-16)12-19(28)27-21(9-10-21)17-3-2-4-18(11-17)30-14-22(23,24)25/h2-8,11,29H,9-10,12,14H2,1H3,(H,27,28)/t20-/m0/s1. The zero-order chi connectivity index (χ0) is 22.0. The van der Waals surface area contributed by atoms with Gasteiger partial charge < -0.3 is 15.2 Å². The maximum Gasteiger partial charge on any atom is 0.422 e. The highest BCUT2D eigenvalue weighted by Gasteiger charge is 2.46. The lowest BCUT2D eigenvalue weighted by Gasteiger charge is -2.26. The van der Waals surface area contributed by atoms with Crippen LogP contribution in [0.5, 0.6) is 5.75 Å². The summed E-state index contributed by atoms with van der Waals surface area (Å²) in [6, 6.07) is 14.6. The van der Waals surface area contributed by atoms with Crippen molar-refractivity contribution in [2.45, 2.75) is 43.5 Å². The van der Waals surface area contributed by atoms with Gasteiger partial charge >= 0.3 is 6.18 Å². The van der Waals surface area contributed by atoms with E-state index < -0.39 is 23.9 Å². The van der Waals surface area contributed by atoms with Crippen LogP contribution >= 0.6 is 0 Å². The Morgan fingerprint density at radius 1 is 1.23 bits per heavy atom. The minimum Gasteiger partial charge on any atom is -0.484 e. The molecule has 1 fully saturated rings. The molecule has 0 bridgehead atoms. The SMILES string of the molecule is C[C@](O)(CC(=O)NC1(c2cccc(OCC(F)(F)F)c2)CC1)c1ccc(C#N)cc1. The molecule has 1 amide bonds. The normalized spacial score (nSPS) is 16.8. The number of amides is 1. The van der Waals surface area contributed by atoms with Gasteiger partial charge in [0.15, 0.2) is 6.61 Å². The second kappa shape index (κ2) is 8.00. The van der Waals surface area contributed by atoms with Crippen molar-refractivity contribution in [2.75, 3.05) is 6.61 Å². The molecule has 1 saturated carbocycles. The quantitative estimate of drug-likeness (QED) is 0.715. The number of carbonyl (C=O) groups excluding carboxylic acids is 1. The fourth-order valence-corrected chi connectivity index (χ4v) is 3.29. The van der Waals surface area contributed by atoms with Crippen LogP contribution in [-0.2, 0) is 15.9 Å². The van der Waals surface area contributed by atoms with Gasteiger partial charge in [-0.15, -0.1) is 0 Å². The van der Waals surface area contributed by atoms with E-state index >= 15 is 0 Å². The molecule has 0 radical (unpaired) electrons. The van der Waals surface area contributed by atoms with E-state index in [1.54, 1.807) is 36.4 Å². The minimum atomic E-state index is -4.43. The molecule has 30 heavy (non-hydrogen) atoms. The molecule has 3 rings (SSSR count). The highest BCUT2D eigenvalue weighted by Crippen LogP contribution is 2.46. The van der Waals surface area contributed by atoms with Crippen molar-refractivity contribution in [1.29, 1.82) is 5.26 Å². The molecule has 1 atom stereocenters. The summed E-state index contributed by atoms with van der Waals surface area (Å²) < 4.78 is 41.9. The van der Waals surface area contributed by atoms with Crippen LogP contribution in [0, 0.1) is 11.3 Å². The number of hydrogen-bond acceptors (Lipinski definition) is 4. The molecule has 1 aliphatic carbocycles. The molecule has 5 nitrogen and oxygen atoms in total. The van der Waals surface area contributed by atoms with Gasteiger partial charge in [0, 0.05) is 0 Å². The second-order valence-corrected chi connectivity index (χ2v) is 7.70. The summed E-state index contributed by atoms with van der Waals surface area (Å²) in [7, 11) is 0. The van der Waals surface area contributed by atoms with E-state index in [4.69, 9.17) is 10.00 Å². The van der Waals surface area contributed by atoms with Gasteiger partial charge in [-0.2, -0.15) is 18.4 Å². The first-order valence-corrected chi connectivity index (χ1v) is 9.37. The Hall–Kier alpha value is -3.05. The van der Waals surface area contributed by atoms with Crippen LogP contribution < -0.4 is 10.1 Å². The van der Waals surface area contributed by atoms with E-state index in [1.165, 1.54) is 19.1 Å². The van der Waals surface area contributed by atoms with Gasteiger partial charge in [-0.05, 0) is 55.2 Å². The Kier molecular flexibility index (Phi) is 5.77. The Morgan fingerprint density at radius 3 is 2.47 bits per heavy atom. The zero-order valence-corrected chi connectivity index (χ0v) is 16.3. The Labute approximate surface area is 172 Å². The first-order chi connectivity index (χ1) is 14.0. The summed E-state index contributed by atoms with van der Waals surface area (Å²) in [5.41, 5.74) is -0.498. The van der Waals surface area contributed by atoms with E-state index in [1.807, 2.05) is 6.07 Å². The third kappa shape index (κ3) is 5.30. The number of carbonyl (C=O) groups is 1. The fraction of sp³-hybridized carbons (Fsp3) is 0.364. The monoisotopic (exact) mass is 418 g/mol. The zero-order valence-electron chi connectivity index (χ0n) is 16.3. The lowest BCUT2D eigenvalue weighted by atomic mass is 9.91. The number of nitrogens with zero attached hydrogens (tertiary/aromatic N) is 1. The van der Waals surface area contributed by atoms with E-state index in [-0.39, 0.29) is 18.1 Å². The number of rotatable bonds is 7. The number of ether oxygens (including phenoxy) is 1. The molecule has 2 N–H and O–H groups in total. The first-order valence-electron chi connectivity index (χ1n) is 9.37. The second-order valence-electron chi connectivity index (χ2n) is 7.70. The number of nitrogens with one attached hydrogen (secondary N) is 1. The number of aliphatic hydroxyl groups is 1. The van der Waals surface area contributed by atoms with Crippen molar-refractivity contribution in [1.82, 2.24) is 5.32 Å². The van der Waals surface area contributed by atoms with Crippen LogP contribution in [0.25, 0.3) is 0 Å². The lowest BCUT2D eigenvalue weighted by molar-refractivity contribution is -0.153. The van der Waals surface area contributed by atoms with Crippen molar-refractivity contribution in [3.05, 3.63) is 65.2 Å². The molecule has 0 aromatic heterocycles. The van der Waals surface area contributed by atoms with Crippen LogP contribution in [0.2, 0.25) is 0 Å². The highest BCUT2D eigenvalue weighted by molar-refractivity contribution is 5.79. The summed E-state index contributed by atoms with van der Waals surface area (Å²) in [5, 5.41) is 22.5. The predicted octanol–water partition coefficient (Wildman–Crippen LogP) is 3.90.